The molecule has 0 bridgehead atoms. The van der Waals surface area contributed by atoms with E-state index in [1.807, 2.05) is 0 Å². The van der Waals surface area contributed by atoms with Crippen molar-refractivity contribution in [3.8, 4) is 5.95 Å². The van der Waals surface area contributed by atoms with Crippen LogP contribution in [0.25, 0.3) is 5.95 Å². The molecule has 0 aliphatic rings. The lowest BCUT2D eigenvalue weighted by Crippen LogP contribution is -2.16. The maximum Gasteiger partial charge on any atom is 0.258 e. The van der Waals surface area contributed by atoms with Crippen molar-refractivity contribution in [2.24, 2.45) is 11.8 Å². The minimum atomic E-state index is 0.278. The lowest BCUT2D eigenvalue weighted by atomic mass is 10.1. The third-order valence-corrected chi connectivity index (χ3v) is 2.87. The minimum Gasteiger partial charge on any atom is -0.354 e. The van der Waals surface area contributed by atoms with Gasteiger partial charge in [-0.1, -0.05) is 26.7 Å². The lowest BCUT2D eigenvalue weighted by Gasteiger charge is -2.08. The highest BCUT2D eigenvalue weighted by Crippen LogP contribution is 2.09. The Kier molecular flexibility index (Phi) is 5.38. The summed E-state index contributed by atoms with van der Waals surface area (Å²) in [5.41, 5.74) is 2.42. The number of aromatic nitrogens is 6. The van der Waals surface area contributed by atoms with Gasteiger partial charge in [0.2, 0.25) is 11.9 Å². The average Bonchev–Trinajstić information content (AvgIpc) is 3.00. The van der Waals surface area contributed by atoms with Crippen molar-refractivity contribution in [3.63, 3.8) is 0 Å². The molecule has 0 radical (unpaired) electrons. The molecule has 0 spiro atoms. The molecule has 9 nitrogen and oxygen atoms in total. The van der Waals surface area contributed by atoms with Gasteiger partial charge in [-0.25, -0.2) is 10.8 Å². The van der Waals surface area contributed by atoms with Crippen molar-refractivity contribution in [1.82, 2.24) is 29.7 Å². The van der Waals surface area contributed by atoms with Crippen molar-refractivity contribution in [2.75, 3.05) is 17.3 Å². The first-order valence-corrected chi connectivity index (χ1v) is 7.00. The lowest BCUT2D eigenvalue weighted by molar-refractivity contribution is 0.544. The number of rotatable bonds is 8. The second-order valence-corrected chi connectivity index (χ2v) is 5.08. The van der Waals surface area contributed by atoms with Crippen LogP contribution in [-0.2, 0) is 0 Å². The summed E-state index contributed by atoms with van der Waals surface area (Å²) in [6.07, 6.45) is 6.39. The van der Waals surface area contributed by atoms with Gasteiger partial charge >= 0.3 is 0 Å². The fourth-order valence-corrected chi connectivity index (χ4v) is 1.80. The van der Waals surface area contributed by atoms with Gasteiger partial charge in [-0.2, -0.15) is 24.7 Å². The average molecular weight is 291 g/mol. The number of nitrogens with zero attached hydrogens (tertiary/aromatic N) is 6. The molecule has 2 aromatic rings. The largest absolute Gasteiger partial charge is 0.354 e. The van der Waals surface area contributed by atoms with Crippen LogP contribution in [0.15, 0.2) is 12.7 Å². The molecule has 4 N–H and O–H groups in total. The fourth-order valence-electron chi connectivity index (χ4n) is 1.80. The molecule has 0 unspecified atom stereocenters. The molecule has 0 fully saturated rings. The Bertz CT molecular complexity index is 538. The van der Waals surface area contributed by atoms with Gasteiger partial charge in [-0.3, -0.25) is 5.43 Å². The summed E-state index contributed by atoms with van der Waals surface area (Å²) in [7, 11) is 0. The highest BCUT2D eigenvalue weighted by molar-refractivity contribution is 5.36. The van der Waals surface area contributed by atoms with Crippen molar-refractivity contribution in [2.45, 2.75) is 33.1 Å². The van der Waals surface area contributed by atoms with E-state index in [-0.39, 0.29) is 5.95 Å². The quantitative estimate of drug-likeness (QED) is 0.374. The predicted molar refractivity (Wildman–Crippen MR) is 79.7 cm³/mol. The van der Waals surface area contributed by atoms with Gasteiger partial charge in [-0.15, -0.1) is 0 Å². The predicted octanol–water partition coefficient (Wildman–Crippen LogP) is 0.976. The van der Waals surface area contributed by atoms with E-state index in [0.29, 0.717) is 11.9 Å². The molecule has 2 heterocycles. The van der Waals surface area contributed by atoms with Gasteiger partial charge in [-0.05, 0) is 12.3 Å². The highest BCUT2D eigenvalue weighted by Gasteiger charge is 2.07. The number of hydrogen-bond donors (Lipinski definition) is 3. The monoisotopic (exact) mass is 291 g/mol. The van der Waals surface area contributed by atoms with E-state index in [1.54, 1.807) is 0 Å². The number of nitrogens with two attached hydrogens (primary N) is 1. The highest BCUT2D eigenvalue weighted by atomic mass is 15.4. The number of nitrogens with one attached hydrogen (secondary N) is 2. The molecular weight excluding hydrogens is 270 g/mol. The second-order valence-electron chi connectivity index (χ2n) is 5.08. The first-order chi connectivity index (χ1) is 10.2. The molecule has 0 saturated heterocycles. The van der Waals surface area contributed by atoms with Crippen molar-refractivity contribution >= 4 is 11.9 Å². The van der Waals surface area contributed by atoms with Crippen LogP contribution in [-0.4, -0.2) is 36.3 Å². The van der Waals surface area contributed by atoms with Gasteiger partial charge in [0.25, 0.3) is 5.95 Å². The van der Waals surface area contributed by atoms with Gasteiger partial charge in [0, 0.05) is 6.54 Å². The van der Waals surface area contributed by atoms with Gasteiger partial charge in [0.1, 0.15) is 12.7 Å². The van der Waals surface area contributed by atoms with Crippen LogP contribution in [0.5, 0.6) is 0 Å². The number of hydrogen-bond acceptors (Lipinski definition) is 8. The SMILES string of the molecule is CC(C)CCCCNc1nc(NN)nc(-n2cncn2)n1. The first kappa shape index (κ1) is 15.1. The van der Waals surface area contributed by atoms with Crippen LogP contribution in [0.2, 0.25) is 0 Å². The summed E-state index contributed by atoms with van der Waals surface area (Å²) in [4.78, 5) is 16.4. The Labute approximate surface area is 123 Å². The normalized spacial score (nSPS) is 10.9. The topological polar surface area (TPSA) is 119 Å². The third kappa shape index (κ3) is 4.63. The molecule has 0 atom stereocenters. The van der Waals surface area contributed by atoms with Gasteiger partial charge in [0.15, 0.2) is 0 Å². The van der Waals surface area contributed by atoms with E-state index in [2.05, 4.69) is 49.6 Å². The smallest absolute Gasteiger partial charge is 0.258 e. The molecule has 114 valence electrons. The second kappa shape index (κ2) is 7.48. The number of anilines is 2. The number of hydrazine groups is 1. The van der Waals surface area contributed by atoms with Crippen LogP contribution in [0.1, 0.15) is 33.1 Å². The van der Waals surface area contributed by atoms with Crippen LogP contribution in [0.3, 0.4) is 0 Å². The Balaban J connectivity index is 1.97. The summed E-state index contributed by atoms with van der Waals surface area (Å²) < 4.78 is 1.45. The molecule has 0 saturated carbocycles. The molecular formula is C12H21N9. The minimum absolute atomic E-state index is 0.278. The van der Waals surface area contributed by atoms with Crippen LogP contribution in [0.4, 0.5) is 11.9 Å². The van der Waals surface area contributed by atoms with Crippen LogP contribution >= 0.6 is 0 Å². The zero-order valence-electron chi connectivity index (χ0n) is 12.3. The molecule has 9 heteroatoms. The molecule has 0 aromatic carbocycles. The first-order valence-electron chi connectivity index (χ1n) is 7.00. The standard InChI is InChI=1S/C12H21N9/c1-9(2)5-3-4-6-15-10-17-11(20-13)19-12(18-10)21-8-14-7-16-21/h7-9H,3-6,13H2,1-2H3,(H2,15,17,18,19,20). The van der Waals surface area contributed by atoms with Crippen LogP contribution in [0, 0.1) is 5.92 Å². The molecule has 0 amide bonds. The van der Waals surface area contributed by atoms with Crippen molar-refractivity contribution < 1.29 is 0 Å². The van der Waals surface area contributed by atoms with Crippen LogP contribution < -0.4 is 16.6 Å². The van der Waals surface area contributed by atoms with Crippen molar-refractivity contribution in [3.05, 3.63) is 12.7 Å². The molecule has 2 rings (SSSR count). The Morgan fingerprint density at radius 2 is 2.00 bits per heavy atom. The van der Waals surface area contributed by atoms with Gasteiger partial charge < -0.3 is 5.32 Å². The Morgan fingerprint density at radius 1 is 1.19 bits per heavy atom. The van der Waals surface area contributed by atoms with E-state index >= 15 is 0 Å². The summed E-state index contributed by atoms with van der Waals surface area (Å²) in [6, 6.07) is 0. The molecule has 21 heavy (non-hydrogen) atoms. The Hall–Kier alpha value is -2.29. The molecule has 2 aromatic heterocycles. The maximum absolute atomic E-state index is 5.37. The van der Waals surface area contributed by atoms with E-state index in [0.717, 1.165) is 18.9 Å². The van der Waals surface area contributed by atoms with Crippen molar-refractivity contribution in [1.29, 1.82) is 0 Å². The van der Waals surface area contributed by atoms with E-state index in [1.165, 1.54) is 30.2 Å². The summed E-state index contributed by atoms with van der Waals surface area (Å²) in [5, 5.41) is 7.16. The summed E-state index contributed by atoms with van der Waals surface area (Å²) in [5.74, 6) is 7.21. The van der Waals surface area contributed by atoms with E-state index in [4.69, 9.17) is 5.84 Å². The zero-order chi connectivity index (χ0) is 15.1. The number of unbranched alkanes of at least 4 members (excludes halogenated alkanes) is 1. The van der Waals surface area contributed by atoms with E-state index in [9.17, 15) is 0 Å². The van der Waals surface area contributed by atoms with E-state index < -0.39 is 0 Å². The fraction of sp³-hybridized carbons (Fsp3) is 0.583. The van der Waals surface area contributed by atoms with Gasteiger partial charge in [0.05, 0.1) is 0 Å². The molecule has 0 aliphatic heterocycles. The molecule has 0 aliphatic carbocycles. The zero-order valence-corrected chi connectivity index (χ0v) is 12.3. The Morgan fingerprint density at radius 3 is 2.67 bits per heavy atom. The third-order valence-electron chi connectivity index (χ3n) is 2.87. The summed E-state index contributed by atoms with van der Waals surface area (Å²) in [6.45, 7) is 5.25. The maximum atomic E-state index is 5.37. The number of nitrogen functional groups attached to an aromatic ring is 1. The summed E-state index contributed by atoms with van der Waals surface area (Å²) >= 11 is 0.